The van der Waals surface area contributed by atoms with Gasteiger partial charge in [-0.15, -0.1) is 0 Å². The number of alkyl halides is 1. The third-order valence-electron chi connectivity index (χ3n) is 5.50. The van der Waals surface area contributed by atoms with E-state index < -0.39 is 11.6 Å². The monoisotopic (exact) mass is 533 g/mol. The highest BCUT2D eigenvalue weighted by Crippen LogP contribution is 2.53. The summed E-state index contributed by atoms with van der Waals surface area (Å²) in [7, 11) is 0. The maximum atomic E-state index is 12.8. The first kappa shape index (κ1) is 18.8. The maximum Gasteiger partial charge on any atom is 0.339 e. The van der Waals surface area contributed by atoms with Crippen molar-refractivity contribution in [1.82, 2.24) is 10.3 Å². The van der Waals surface area contributed by atoms with Crippen molar-refractivity contribution in [1.29, 1.82) is 0 Å². The molecule has 2 unspecified atom stereocenters. The van der Waals surface area contributed by atoms with Crippen LogP contribution in [0.1, 0.15) is 28.2 Å². The molecule has 7 nitrogen and oxygen atoms in total. The number of morpholine rings is 1. The number of hydrogen-bond donors (Lipinski definition) is 1. The molecule has 0 aromatic carbocycles. The number of anilines is 1. The first-order valence-corrected chi connectivity index (χ1v) is 11.5. The van der Waals surface area contributed by atoms with Crippen molar-refractivity contribution in [2.45, 2.75) is 22.4 Å². The summed E-state index contributed by atoms with van der Waals surface area (Å²) in [6.07, 6.45) is 2.98. The van der Waals surface area contributed by atoms with E-state index in [9.17, 15) is 9.59 Å². The van der Waals surface area contributed by atoms with Gasteiger partial charge in [-0.25, -0.2) is 9.78 Å². The number of ether oxygens (including phenoxy) is 2. The molecule has 2 atom stereocenters. The van der Waals surface area contributed by atoms with Crippen molar-refractivity contribution in [2.75, 3.05) is 37.7 Å². The molecule has 1 N–H and O–H groups in total. The van der Waals surface area contributed by atoms with Crippen LogP contribution >= 0.6 is 45.5 Å². The number of amides is 1. The Kier molecular flexibility index (Phi) is 4.68. The van der Waals surface area contributed by atoms with Gasteiger partial charge in [-0.1, -0.05) is 45.5 Å². The second-order valence-electron chi connectivity index (χ2n) is 7.06. The molecule has 1 aromatic rings. The quantitative estimate of drug-likeness (QED) is 0.340. The number of nitrogens with one attached hydrogen (secondary N) is 1. The van der Waals surface area contributed by atoms with Gasteiger partial charge in [0.1, 0.15) is 10.6 Å². The van der Waals surface area contributed by atoms with Crippen LogP contribution in [0.2, 0.25) is 0 Å². The third-order valence-corrected chi connectivity index (χ3v) is 8.23. The van der Waals surface area contributed by atoms with Crippen LogP contribution in [0.5, 0.6) is 0 Å². The largest absolute Gasteiger partial charge is 0.443 e. The molecule has 1 fully saturated rings. The van der Waals surface area contributed by atoms with Crippen LogP contribution < -0.4 is 10.2 Å². The molecule has 0 bridgehead atoms. The molecule has 4 aliphatic rings. The topological polar surface area (TPSA) is 80.8 Å². The van der Waals surface area contributed by atoms with Gasteiger partial charge in [-0.05, 0) is 24.5 Å². The van der Waals surface area contributed by atoms with Gasteiger partial charge in [0.25, 0.3) is 5.91 Å². The van der Waals surface area contributed by atoms with Gasteiger partial charge in [0, 0.05) is 24.7 Å². The van der Waals surface area contributed by atoms with Crippen LogP contribution in [0.15, 0.2) is 22.3 Å². The van der Waals surface area contributed by atoms with E-state index in [0.717, 1.165) is 23.8 Å². The lowest BCUT2D eigenvalue weighted by Gasteiger charge is -2.34. The zero-order valence-corrected chi connectivity index (χ0v) is 18.5. The van der Waals surface area contributed by atoms with Gasteiger partial charge in [0.05, 0.1) is 22.7 Å². The molecular weight excluding hydrogens is 517 g/mol. The SMILES string of the molecule is O=C1OC2(C3=C1C=C(Cl)CC3)c1nc(N3CCOCC3)sc1C(=O)NCC2I. The van der Waals surface area contributed by atoms with Crippen LogP contribution in [0.3, 0.4) is 0 Å². The van der Waals surface area contributed by atoms with E-state index >= 15 is 0 Å². The zero-order valence-electron chi connectivity index (χ0n) is 14.8. The van der Waals surface area contributed by atoms with Gasteiger partial charge in [0.2, 0.25) is 0 Å². The molecule has 148 valence electrons. The molecule has 5 rings (SSSR count). The summed E-state index contributed by atoms with van der Waals surface area (Å²) in [6.45, 7) is 3.10. The van der Waals surface area contributed by atoms with Crippen molar-refractivity contribution in [2.24, 2.45) is 0 Å². The summed E-state index contributed by atoms with van der Waals surface area (Å²) in [5.41, 5.74) is 0.923. The van der Waals surface area contributed by atoms with Gasteiger partial charge in [-0.3, -0.25) is 4.79 Å². The number of fused-ring (bicyclic) bond motifs is 3. The minimum absolute atomic E-state index is 0.167. The summed E-state index contributed by atoms with van der Waals surface area (Å²) in [4.78, 5) is 33.1. The number of carbonyl (C=O) groups excluding carboxylic acids is 2. The van der Waals surface area contributed by atoms with Crippen molar-refractivity contribution in [3.05, 3.63) is 32.8 Å². The zero-order chi connectivity index (χ0) is 19.5. The molecule has 1 amide bonds. The Balaban J connectivity index is 1.69. The molecule has 1 saturated heterocycles. The maximum absolute atomic E-state index is 12.8. The highest BCUT2D eigenvalue weighted by atomic mass is 127. The molecule has 0 saturated carbocycles. The van der Waals surface area contributed by atoms with Gasteiger partial charge in [-0.2, -0.15) is 0 Å². The fourth-order valence-electron chi connectivity index (χ4n) is 4.13. The van der Waals surface area contributed by atoms with Crippen molar-refractivity contribution in [3.8, 4) is 0 Å². The van der Waals surface area contributed by atoms with E-state index in [4.69, 9.17) is 26.1 Å². The summed E-state index contributed by atoms with van der Waals surface area (Å²) in [5.74, 6) is -0.559. The molecular formula is C18H17ClIN3O4S. The minimum Gasteiger partial charge on any atom is -0.443 e. The molecule has 0 radical (unpaired) electrons. The summed E-state index contributed by atoms with van der Waals surface area (Å²) >= 11 is 9.81. The molecule has 1 aromatic heterocycles. The highest BCUT2D eigenvalue weighted by molar-refractivity contribution is 14.1. The van der Waals surface area contributed by atoms with Crippen LogP contribution in [0, 0.1) is 0 Å². The molecule has 1 aliphatic carbocycles. The van der Waals surface area contributed by atoms with Crippen molar-refractivity contribution in [3.63, 3.8) is 0 Å². The molecule has 3 aliphatic heterocycles. The van der Waals surface area contributed by atoms with E-state index in [2.05, 4.69) is 32.8 Å². The molecule has 4 heterocycles. The van der Waals surface area contributed by atoms with Crippen LogP contribution in [-0.2, 0) is 19.9 Å². The fraction of sp³-hybridized carbons (Fsp3) is 0.500. The highest BCUT2D eigenvalue weighted by Gasteiger charge is 2.57. The lowest BCUT2D eigenvalue weighted by atomic mass is 9.81. The molecule has 10 heteroatoms. The number of carbonyl (C=O) groups is 2. The predicted molar refractivity (Wildman–Crippen MR) is 113 cm³/mol. The number of thiazole rings is 1. The summed E-state index contributed by atoms with van der Waals surface area (Å²) in [5, 5.41) is 4.38. The number of aromatic nitrogens is 1. The number of allylic oxidation sites excluding steroid dienone is 1. The average molecular weight is 534 g/mol. The van der Waals surface area contributed by atoms with Crippen molar-refractivity contribution < 1.29 is 19.1 Å². The fourth-order valence-corrected chi connectivity index (χ4v) is 6.44. The van der Waals surface area contributed by atoms with Gasteiger partial charge in [0.15, 0.2) is 10.7 Å². The lowest BCUT2D eigenvalue weighted by Crippen LogP contribution is -2.43. The number of nitrogens with zero attached hydrogens (tertiary/aromatic N) is 2. The van der Waals surface area contributed by atoms with E-state index in [-0.39, 0.29) is 9.83 Å². The predicted octanol–water partition coefficient (Wildman–Crippen LogP) is 2.49. The van der Waals surface area contributed by atoms with Crippen LogP contribution in [0.25, 0.3) is 0 Å². The average Bonchev–Trinajstić information content (AvgIpc) is 3.25. The third kappa shape index (κ3) is 2.73. The smallest absolute Gasteiger partial charge is 0.339 e. The normalized spacial score (nSPS) is 29.9. The number of rotatable bonds is 1. The number of halogens is 2. The second kappa shape index (κ2) is 6.96. The first-order chi connectivity index (χ1) is 13.5. The van der Waals surface area contributed by atoms with E-state index in [0.29, 0.717) is 53.8 Å². The Hall–Kier alpha value is -1.17. The van der Waals surface area contributed by atoms with Gasteiger partial charge >= 0.3 is 5.97 Å². The molecule has 28 heavy (non-hydrogen) atoms. The summed E-state index contributed by atoms with van der Waals surface area (Å²) < 4.78 is 11.3. The van der Waals surface area contributed by atoms with E-state index in [1.165, 1.54) is 11.3 Å². The van der Waals surface area contributed by atoms with Crippen LogP contribution in [0.4, 0.5) is 5.13 Å². The summed E-state index contributed by atoms with van der Waals surface area (Å²) in [6, 6.07) is 0. The van der Waals surface area contributed by atoms with Gasteiger partial charge < -0.3 is 19.7 Å². The van der Waals surface area contributed by atoms with E-state index in [1.54, 1.807) is 6.08 Å². The number of hydrogen-bond acceptors (Lipinski definition) is 7. The van der Waals surface area contributed by atoms with Crippen molar-refractivity contribution >= 4 is 62.5 Å². The van der Waals surface area contributed by atoms with Crippen LogP contribution in [-0.4, -0.2) is 53.6 Å². The second-order valence-corrected chi connectivity index (χ2v) is 10.0. The Morgan fingerprint density at radius 3 is 2.89 bits per heavy atom. The van der Waals surface area contributed by atoms with E-state index in [1.807, 2.05) is 0 Å². The Morgan fingerprint density at radius 2 is 2.11 bits per heavy atom. The Labute approximate surface area is 184 Å². The lowest BCUT2D eigenvalue weighted by molar-refractivity contribution is -0.147. The standard InChI is InChI=1S/C18H17ClIN3O4S/c19-9-1-2-11-10(7-9)16(25)27-18(11)12(20)8-21-15(24)13-14(18)22-17(28-13)23-3-5-26-6-4-23/h7,12H,1-6,8H2,(H,21,24). The number of esters is 1. The first-order valence-electron chi connectivity index (χ1n) is 9.10. The Bertz CT molecular complexity index is 939. The molecule has 1 spiro atoms. The minimum atomic E-state index is -1.03. The Morgan fingerprint density at radius 1 is 1.32 bits per heavy atom.